The zero-order valence-electron chi connectivity index (χ0n) is 11.2. The lowest BCUT2D eigenvalue weighted by Crippen LogP contribution is -2.00. The van der Waals surface area contributed by atoms with E-state index in [0.29, 0.717) is 5.56 Å². The molecule has 0 fully saturated rings. The molecule has 0 aliphatic rings. The number of imidazole rings is 1. The van der Waals surface area contributed by atoms with Gasteiger partial charge in [-0.15, -0.1) is 0 Å². The number of rotatable bonds is 2. The molecule has 5 heteroatoms. The predicted octanol–water partition coefficient (Wildman–Crippen LogP) is 2.72. The number of nitrogens with one attached hydrogen (secondary N) is 1. The molecular formula is C15H13N3O2. The quantitative estimate of drug-likeness (QED) is 0.725. The summed E-state index contributed by atoms with van der Waals surface area (Å²) in [5.74, 6) is 0.370. The molecule has 20 heavy (non-hydrogen) atoms. The van der Waals surface area contributed by atoms with Crippen LogP contribution < -0.4 is 0 Å². The number of fused-ring (bicyclic) bond motifs is 1. The van der Waals surface area contributed by atoms with Gasteiger partial charge in [0.05, 0.1) is 23.7 Å². The Morgan fingerprint density at radius 2 is 2.10 bits per heavy atom. The predicted molar refractivity (Wildman–Crippen MR) is 75.4 cm³/mol. The monoisotopic (exact) mass is 267 g/mol. The number of carbonyl (C=O) groups is 1. The lowest BCUT2D eigenvalue weighted by atomic mass is 10.2. The van der Waals surface area contributed by atoms with Crippen molar-refractivity contribution in [3.8, 4) is 11.4 Å². The van der Waals surface area contributed by atoms with E-state index in [9.17, 15) is 4.79 Å². The highest BCUT2D eigenvalue weighted by Crippen LogP contribution is 2.21. The van der Waals surface area contributed by atoms with E-state index in [1.165, 1.54) is 7.11 Å². The molecule has 0 atom stereocenters. The number of ether oxygens (including phenoxy) is 1. The van der Waals surface area contributed by atoms with Crippen molar-refractivity contribution in [3.63, 3.8) is 0 Å². The van der Waals surface area contributed by atoms with Crippen LogP contribution in [0.5, 0.6) is 0 Å². The molecular weight excluding hydrogens is 254 g/mol. The molecule has 0 bridgehead atoms. The number of aryl methyl sites for hydroxylation is 1. The third kappa shape index (κ3) is 2.14. The summed E-state index contributed by atoms with van der Waals surface area (Å²) in [5.41, 5.74) is 3.96. The Labute approximate surface area is 115 Å². The maximum absolute atomic E-state index is 11.5. The number of H-pyrrole nitrogens is 1. The van der Waals surface area contributed by atoms with Gasteiger partial charge in [0, 0.05) is 17.5 Å². The van der Waals surface area contributed by atoms with Crippen LogP contribution >= 0.6 is 0 Å². The summed E-state index contributed by atoms with van der Waals surface area (Å²) < 4.78 is 4.71. The third-order valence-corrected chi connectivity index (χ3v) is 3.09. The minimum atomic E-state index is -0.361. The van der Waals surface area contributed by atoms with Gasteiger partial charge in [0.1, 0.15) is 5.82 Å². The summed E-state index contributed by atoms with van der Waals surface area (Å²) in [5, 5.41) is 0. The van der Waals surface area contributed by atoms with E-state index in [4.69, 9.17) is 4.74 Å². The maximum Gasteiger partial charge on any atom is 0.337 e. The van der Waals surface area contributed by atoms with Gasteiger partial charge in [-0.3, -0.25) is 4.98 Å². The second kappa shape index (κ2) is 4.77. The number of hydrogen-bond acceptors (Lipinski definition) is 4. The Hall–Kier alpha value is -2.69. The molecule has 5 nitrogen and oxygen atoms in total. The van der Waals surface area contributed by atoms with Crippen molar-refractivity contribution in [1.29, 1.82) is 0 Å². The van der Waals surface area contributed by atoms with Crippen LogP contribution in [0.15, 0.2) is 36.5 Å². The minimum Gasteiger partial charge on any atom is -0.465 e. The standard InChI is InChI=1S/C15H13N3O2/c1-9-3-4-11(8-16-9)14-17-12-6-5-10(15(19)20-2)7-13(12)18-14/h3-8H,1-2H3,(H,17,18). The van der Waals surface area contributed by atoms with E-state index in [2.05, 4.69) is 15.0 Å². The number of pyridine rings is 1. The molecule has 1 N–H and O–H groups in total. The van der Waals surface area contributed by atoms with Crippen molar-refractivity contribution in [2.45, 2.75) is 6.92 Å². The maximum atomic E-state index is 11.5. The number of benzene rings is 1. The number of carbonyl (C=O) groups excluding carboxylic acids is 1. The van der Waals surface area contributed by atoms with Crippen LogP contribution in [0.1, 0.15) is 16.1 Å². The minimum absolute atomic E-state index is 0.361. The normalized spacial score (nSPS) is 10.7. The fourth-order valence-corrected chi connectivity index (χ4v) is 2.00. The Balaban J connectivity index is 2.06. The van der Waals surface area contributed by atoms with Gasteiger partial charge < -0.3 is 9.72 Å². The topological polar surface area (TPSA) is 67.9 Å². The Kier molecular flexibility index (Phi) is 2.95. The van der Waals surface area contributed by atoms with Gasteiger partial charge in [-0.05, 0) is 37.3 Å². The van der Waals surface area contributed by atoms with E-state index >= 15 is 0 Å². The first-order chi connectivity index (χ1) is 9.67. The summed E-state index contributed by atoms with van der Waals surface area (Å²) in [4.78, 5) is 23.4. The van der Waals surface area contributed by atoms with Crippen molar-refractivity contribution in [1.82, 2.24) is 15.0 Å². The average molecular weight is 267 g/mol. The average Bonchev–Trinajstić information content (AvgIpc) is 2.90. The van der Waals surface area contributed by atoms with Crippen LogP contribution in [0.2, 0.25) is 0 Å². The van der Waals surface area contributed by atoms with Gasteiger partial charge in [0.2, 0.25) is 0 Å². The van der Waals surface area contributed by atoms with Crippen LogP contribution in [0.3, 0.4) is 0 Å². The molecule has 2 aromatic heterocycles. The van der Waals surface area contributed by atoms with Gasteiger partial charge in [0.15, 0.2) is 0 Å². The van der Waals surface area contributed by atoms with Crippen LogP contribution in [-0.4, -0.2) is 28.0 Å². The Bertz CT molecular complexity index is 775. The highest BCUT2D eigenvalue weighted by molar-refractivity contribution is 5.94. The molecule has 0 saturated carbocycles. The zero-order valence-corrected chi connectivity index (χ0v) is 11.2. The second-order valence-corrected chi connectivity index (χ2v) is 4.50. The highest BCUT2D eigenvalue weighted by Gasteiger charge is 2.10. The first-order valence-electron chi connectivity index (χ1n) is 6.18. The fraction of sp³-hybridized carbons (Fsp3) is 0.133. The zero-order chi connectivity index (χ0) is 14.1. The van der Waals surface area contributed by atoms with E-state index in [-0.39, 0.29) is 5.97 Å². The molecule has 0 unspecified atom stereocenters. The van der Waals surface area contributed by atoms with Crippen LogP contribution in [0, 0.1) is 6.92 Å². The lowest BCUT2D eigenvalue weighted by molar-refractivity contribution is 0.0601. The molecule has 1 aromatic carbocycles. The molecule has 3 rings (SSSR count). The highest BCUT2D eigenvalue weighted by atomic mass is 16.5. The largest absolute Gasteiger partial charge is 0.465 e. The molecule has 0 aliphatic carbocycles. The SMILES string of the molecule is COC(=O)c1ccc2nc(-c3ccc(C)nc3)[nH]c2c1. The summed E-state index contributed by atoms with van der Waals surface area (Å²) >= 11 is 0. The van der Waals surface area contributed by atoms with Crippen molar-refractivity contribution in [2.75, 3.05) is 7.11 Å². The van der Waals surface area contributed by atoms with Crippen molar-refractivity contribution in [3.05, 3.63) is 47.8 Å². The van der Waals surface area contributed by atoms with Crippen molar-refractivity contribution >= 4 is 17.0 Å². The van der Waals surface area contributed by atoms with E-state index in [1.807, 2.05) is 19.1 Å². The van der Waals surface area contributed by atoms with Gasteiger partial charge in [-0.1, -0.05) is 0 Å². The first kappa shape index (κ1) is 12.3. The van der Waals surface area contributed by atoms with E-state index < -0.39 is 0 Å². The van der Waals surface area contributed by atoms with Crippen molar-refractivity contribution in [2.24, 2.45) is 0 Å². The lowest BCUT2D eigenvalue weighted by Gasteiger charge is -1.97. The Morgan fingerprint density at radius 3 is 2.80 bits per heavy atom. The smallest absolute Gasteiger partial charge is 0.337 e. The summed E-state index contributed by atoms with van der Waals surface area (Å²) in [6, 6.07) is 9.12. The molecule has 2 heterocycles. The van der Waals surface area contributed by atoms with Crippen molar-refractivity contribution < 1.29 is 9.53 Å². The van der Waals surface area contributed by atoms with Gasteiger partial charge in [-0.2, -0.15) is 0 Å². The molecule has 0 saturated heterocycles. The number of nitrogens with zero attached hydrogens (tertiary/aromatic N) is 2. The number of esters is 1. The molecule has 0 aliphatic heterocycles. The van der Waals surface area contributed by atoms with Gasteiger partial charge in [0.25, 0.3) is 0 Å². The van der Waals surface area contributed by atoms with Crippen LogP contribution in [0.25, 0.3) is 22.4 Å². The van der Waals surface area contributed by atoms with E-state index in [0.717, 1.165) is 28.1 Å². The molecule has 100 valence electrons. The fourth-order valence-electron chi connectivity index (χ4n) is 2.00. The Morgan fingerprint density at radius 1 is 1.25 bits per heavy atom. The first-order valence-corrected chi connectivity index (χ1v) is 6.18. The van der Waals surface area contributed by atoms with Crippen LogP contribution in [0.4, 0.5) is 0 Å². The number of hydrogen-bond donors (Lipinski definition) is 1. The third-order valence-electron chi connectivity index (χ3n) is 3.09. The molecule has 0 radical (unpaired) electrons. The number of methoxy groups -OCH3 is 1. The molecule has 0 spiro atoms. The summed E-state index contributed by atoms with van der Waals surface area (Å²) in [7, 11) is 1.36. The van der Waals surface area contributed by atoms with E-state index in [1.54, 1.807) is 24.4 Å². The van der Waals surface area contributed by atoms with Gasteiger partial charge >= 0.3 is 5.97 Å². The van der Waals surface area contributed by atoms with Crippen LogP contribution in [-0.2, 0) is 4.74 Å². The summed E-state index contributed by atoms with van der Waals surface area (Å²) in [6.07, 6.45) is 1.77. The summed E-state index contributed by atoms with van der Waals surface area (Å²) in [6.45, 7) is 1.94. The van der Waals surface area contributed by atoms with Gasteiger partial charge in [-0.25, -0.2) is 9.78 Å². The number of aromatic nitrogens is 3. The number of aromatic amines is 1. The molecule has 3 aromatic rings. The molecule has 0 amide bonds. The second-order valence-electron chi connectivity index (χ2n) is 4.50.